The lowest BCUT2D eigenvalue weighted by molar-refractivity contribution is -0.0555. The predicted octanol–water partition coefficient (Wildman–Crippen LogP) is 2.01. The van der Waals surface area contributed by atoms with Gasteiger partial charge in [0.15, 0.2) is 11.5 Å². The van der Waals surface area contributed by atoms with Gasteiger partial charge < -0.3 is 34.9 Å². The molecule has 29 heavy (non-hydrogen) atoms. The number of hydrogen-bond donors (Lipinski definition) is 3. The number of hydrogen-bond acceptors (Lipinski definition) is 9. The molecule has 1 unspecified atom stereocenters. The molecule has 2 aromatic rings. The molecule has 0 bridgehead atoms. The molecule has 0 aliphatic carbocycles. The van der Waals surface area contributed by atoms with Gasteiger partial charge in [-0.15, -0.1) is 0 Å². The largest absolute Gasteiger partial charge is 0.507 e. The number of rotatable bonds is 3. The van der Waals surface area contributed by atoms with Crippen LogP contribution in [0.4, 0.5) is 0 Å². The van der Waals surface area contributed by atoms with Gasteiger partial charge in [0.25, 0.3) is 0 Å². The SMILES string of the molecule is COc1cc(C)c2c(c1CCN)Oc1c(c(C)c(O)c3c1C(O)OC3=O)OC2=O. The average molecular weight is 401 g/mol. The molecule has 0 aromatic heterocycles. The number of benzene rings is 2. The highest BCUT2D eigenvalue weighted by molar-refractivity contribution is 6.02. The number of esters is 2. The Hall–Kier alpha value is -3.30. The second-order valence-corrected chi connectivity index (χ2v) is 6.79. The van der Waals surface area contributed by atoms with Gasteiger partial charge in [-0.05, 0) is 38.4 Å². The van der Waals surface area contributed by atoms with Gasteiger partial charge in [0.05, 0.1) is 12.7 Å². The molecule has 2 aromatic carbocycles. The first-order valence-corrected chi connectivity index (χ1v) is 8.89. The van der Waals surface area contributed by atoms with Crippen molar-refractivity contribution in [3.63, 3.8) is 0 Å². The molecular weight excluding hydrogens is 382 g/mol. The molecular formula is C20H19NO8. The Morgan fingerprint density at radius 2 is 1.83 bits per heavy atom. The highest BCUT2D eigenvalue weighted by atomic mass is 16.6. The van der Waals surface area contributed by atoms with Crippen molar-refractivity contribution in [2.45, 2.75) is 26.6 Å². The summed E-state index contributed by atoms with van der Waals surface area (Å²) in [5, 5.41) is 20.7. The third-order valence-corrected chi connectivity index (χ3v) is 5.08. The maximum atomic E-state index is 12.9. The van der Waals surface area contributed by atoms with Crippen molar-refractivity contribution in [2.75, 3.05) is 13.7 Å². The number of carbonyl (C=O) groups excluding carboxylic acids is 2. The first kappa shape index (κ1) is 19.0. The number of carbonyl (C=O) groups is 2. The van der Waals surface area contributed by atoms with Crippen molar-refractivity contribution in [1.82, 2.24) is 0 Å². The molecule has 0 fully saturated rings. The molecule has 2 heterocycles. The standard InChI is InChI=1S/C20H19NO8/c1-7-6-10(26-3)9(4-5-21)16-11(7)18(23)28-15-8(2)14(22)12-13(17(15)27-16)20(25)29-19(12)24/h6,20,22,25H,4-5,21H2,1-3H3. The summed E-state index contributed by atoms with van der Waals surface area (Å²) in [4.78, 5) is 25.1. The van der Waals surface area contributed by atoms with Crippen molar-refractivity contribution in [3.05, 3.63) is 39.4 Å². The number of aliphatic hydroxyl groups is 1. The van der Waals surface area contributed by atoms with E-state index in [1.165, 1.54) is 14.0 Å². The van der Waals surface area contributed by atoms with E-state index >= 15 is 0 Å². The van der Waals surface area contributed by atoms with Gasteiger partial charge in [-0.2, -0.15) is 0 Å². The lowest BCUT2D eigenvalue weighted by Crippen LogP contribution is -2.13. The molecule has 2 aliphatic rings. The first-order chi connectivity index (χ1) is 13.8. The third-order valence-electron chi connectivity index (χ3n) is 5.08. The molecule has 1 atom stereocenters. The van der Waals surface area contributed by atoms with E-state index in [0.29, 0.717) is 23.3 Å². The quantitative estimate of drug-likeness (QED) is 0.521. The molecule has 152 valence electrons. The number of nitrogens with two attached hydrogens (primary N) is 1. The van der Waals surface area contributed by atoms with Crippen LogP contribution in [0.1, 0.15) is 49.3 Å². The second kappa shape index (κ2) is 6.64. The van der Waals surface area contributed by atoms with Gasteiger partial charge in [0, 0.05) is 11.1 Å². The minimum absolute atomic E-state index is 0.0772. The van der Waals surface area contributed by atoms with Crippen LogP contribution in [-0.4, -0.2) is 35.8 Å². The van der Waals surface area contributed by atoms with Crippen molar-refractivity contribution in [2.24, 2.45) is 5.73 Å². The molecule has 0 radical (unpaired) electrons. The maximum Gasteiger partial charge on any atom is 0.347 e. The van der Waals surface area contributed by atoms with E-state index in [0.717, 1.165) is 0 Å². The number of ether oxygens (including phenoxy) is 4. The molecule has 0 spiro atoms. The summed E-state index contributed by atoms with van der Waals surface area (Å²) >= 11 is 0. The summed E-state index contributed by atoms with van der Waals surface area (Å²) in [6, 6.07) is 1.68. The fraction of sp³-hybridized carbons (Fsp3) is 0.300. The predicted molar refractivity (Wildman–Crippen MR) is 98.7 cm³/mol. The van der Waals surface area contributed by atoms with Crippen molar-refractivity contribution in [3.8, 4) is 28.7 Å². The highest BCUT2D eigenvalue weighted by Crippen LogP contribution is 2.53. The van der Waals surface area contributed by atoms with Gasteiger partial charge >= 0.3 is 11.9 Å². The number of phenolic OH excluding ortho intramolecular Hbond substituents is 1. The van der Waals surface area contributed by atoms with Crippen LogP contribution in [-0.2, 0) is 11.2 Å². The van der Waals surface area contributed by atoms with E-state index in [-0.39, 0.29) is 46.0 Å². The molecule has 9 heteroatoms. The first-order valence-electron chi connectivity index (χ1n) is 8.89. The molecule has 4 rings (SSSR count). The number of cyclic esters (lactones) is 1. The molecule has 9 nitrogen and oxygen atoms in total. The Bertz CT molecular complexity index is 1080. The third kappa shape index (κ3) is 2.62. The molecule has 2 aliphatic heterocycles. The van der Waals surface area contributed by atoms with E-state index in [1.807, 2.05) is 0 Å². The number of phenols is 1. The Kier molecular flexibility index (Phi) is 4.36. The zero-order valence-corrected chi connectivity index (χ0v) is 16.0. The van der Waals surface area contributed by atoms with Crippen LogP contribution < -0.4 is 19.9 Å². The van der Waals surface area contributed by atoms with Crippen LogP contribution in [0.25, 0.3) is 0 Å². The smallest absolute Gasteiger partial charge is 0.347 e. The fourth-order valence-electron chi connectivity index (χ4n) is 3.69. The number of fused-ring (bicyclic) bond motifs is 4. The fourth-order valence-corrected chi connectivity index (χ4v) is 3.69. The Labute approximate surface area is 165 Å². The number of aliphatic hydroxyl groups excluding tert-OH is 1. The zero-order chi connectivity index (χ0) is 21.0. The number of aryl methyl sites for hydroxylation is 1. The van der Waals surface area contributed by atoms with E-state index in [4.69, 9.17) is 24.7 Å². The van der Waals surface area contributed by atoms with Gasteiger partial charge in [-0.25, -0.2) is 9.59 Å². The van der Waals surface area contributed by atoms with E-state index in [1.54, 1.807) is 13.0 Å². The minimum atomic E-state index is -1.68. The molecule has 0 amide bonds. The number of aromatic hydroxyl groups is 1. The van der Waals surface area contributed by atoms with Crippen LogP contribution >= 0.6 is 0 Å². The normalized spacial score (nSPS) is 16.8. The summed E-state index contributed by atoms with van der Waals surface area (Å²) < 4.78 is 21.9. The Morgan fingerprint density at radius 3 is 2.48 bits per heavy atom. The summed E-state index contributed by atoms with van der Waals surface area (Å²) in [5.41, 5.74) is 6.76. The van der Waals surface area contributed by atoms with E-state index in [2.05, 4.69) is 0 Å². The van der Waals surface area contributed by atoms with E-state index < -0.39 is 24.0 Å². The number of methoxy groups -OCH3 is 1. The molecule has 0 saturated heterocycles. The summed E-state index contributed by atoms with van der Waals surface area (Å²) in [7, 11) is 1.49. The lowest BCUT2D eigenvalue weighted by Gasteiger charge is -2.18. The molecule has 4 N–H and O–H groups in total. The van der Waals surface area contributed by atoms with Crippen molar-refractivity contribution >= 4 is 11.9 Å². The lowest BCUT2D eigenvalue weighted by atomic mass is 9.99. The monoisotopic (exact) mass is 401 g/mol. The van der Waals surface area contributed by atoms with Gasteiger partial charge in [0.2, 0.25) is 6.29 Å². The topological polar surface area (TPSA) is 138 Å². The van der Waals surface area contributed by atoms with Crippen molar-refractivity contribution < 1.29 is 38.7 Å². The zero-order valence-electron chi connectivity index (χ0n) is 16.0. The van der Waals surface area contributed by atoms with Crippen LogP contribution in [0, 0.1) is 13.8 Å². The van der Waals surface area contributed by atoms with E-state index in [9.17, 15) is 19.8 Å². The minimum Gasteiger partial charge on any atom is -0.507 e. The van der Waals surface area contributed by atoms with Gasteiger partial charge in [-0.1, -0.05) is 0 Å². The summed E-state index contributed by atoms with van der Waals surface area (Å²) in [6.45, 7) is 3.42. The van der Waals surface area contributed by atoms with Crippen LogP contribution in [0.2, 0.25) is 0 Å². The van der Waals surface area contributed by atoms with Crippen LogP contribution in [0.3, 0.4) is 0 Å². The Morgan fingerprint density at radius 1 is 1.10 bits per heavy atom. The van der Waals surface area contributed by atoms with Gasteiger partial charge in [-0.3, -0.25) is 0 Å². The maximum absolute atomic E-state index is 12.9. The highest BCUT2D eigenvalue weighted by Gasteiger charge is 2.42. The summed E-state index contributed by atoms with van der Waals surface area (Å²) in [5.74, 6) is -1.60. The van der Waals surface area contributed by atoms with Gasteiger partial charge in [0.1, 0.15) is 28.4 Å². The van der Waals surface area contributed by atoms with Crippen molar-refractivity contribution in [1.29, 1.82) is 0 Å². The second-order valence-electron chi connectivity index (χ2n) is 6.79. The molecule has 0 saturated carbocycles. The summed E-state index contributed by atoms with van der Waals surface area (Å²) in [6.07, 6.45) is -1.34. The van der Waals surface area contributed by atoms with Crippen LogP contribution in [0.15, 0.2) is 6.07 Å². The van der Waals surface area contributed by atoms with Crippen LogP contribution in [0.5, 0.6) is 28.7 Å². The average Bonchev–Trinajstić information content (AvgIpc) is 2.87. The Balaban J connectivity index is 2.06.